The average Bonchev–Trinajstić information content (AvgIpc) is 3.12. The molecule has 5 heteroatoms. The van der Waals surface area contributed by atoms with Crippen LogP contribution < -0.4 is 11.5 Å². The van der Waals surface area contributed by atoms with Gasteiger partial charge in [0.25, 0.3) is 0 Å². The second-order valence-corrected chi connectivity index (χ2v) is 7.43. The van der Waals surface area contributed by atoms with Crippen LogP contribution in [0.2, 0.25) is 0 Å². The molecule has 0 spiro atoms. The zero-order chi connectivity index (χ0) is 21.0. The van der Waals surface area contributed by atoms with Crippen LogP contribution in [0.1, 0.15) is 11.1 Å². The van der Waals surface area contributed by atoms with Gasteiger partial charge >= 0.3 is 0 Å². The first-order valence-electron chi connectivity index (χ1n) is 9.49. The number of benzene rings is 4. The Morgan fingerprint density at radius 2 is 1.23 bits per heavy atom. The lowest BCUT2D eigenvalue weighted by molar-refractivity contribution is 0.450. The Bertz CT molecular complexity index is 1310. The Morgan fingerprint density at radius 1 is 0.600 bits per heavy atom. The Labute approximate surface area is 171 Å². The fraction of sp³-hybridized carbons (Fsp3) is 0.0400. The van der Waals surface area contributed by atoms with Crippen LogP contribution in [-0.4, -0.2) is 0 Å². The highest BCUT2D eigenvalue weighted by molar-refractivity contribution is 5.92. The first-order valence-corrected chi connectivity index (χ1v) is 9.49. The largest absolute Gasteiger partial charge is 0.399 e. The molecule has 4 aromatic rings. The fourth-order valence-corrected chi connectivity index (χ4v) is 4.24. The molecule has 4 aromatic carbocycles. The minimum Gasteiger partial charge on any atom is -0.399 e. The van der Waals surface area contributed by atoms with Gasteiger partial charge in [0.2, 0.25) is 0 Å². The zero-order valence-corrected chi connectivity index (χ0v) is 15.8. The normalized spacial score (nSPS) is 12.0. The van der Waals surface area contributed by atoms with Gasteiger partial charge in [0.15, 0.2) is 17.5 Å². The van der Waals surface area contributed by atoms with Crippen LogP contribution >= 0.6 is 0 Å². The molecule has 0 bridgehead atoms. The van der Waals surface area contributed by atoms with E-state index in [0.29, 0.717) is 40.0 Å². The molecule has 0 atom stereocenters. The van der Waals surface area contributed by atoms with E-state index in [-0.39, 0.29) is 11.1 Å². The Kier molecular flexibility index (Phi) is 4.07. The van der Waals surface area contributed by atoms with E-state index in [1.807, 2.05) is 12.1 Å². The summed E-state index contributed by atoms with van der Waals surface area (Å²) in [6, 6.07) is 19.3. The second kappa shape index (κ2) is 6.66. The molecule has 0 aromatic heterocycles. The van der Waals surface area contributed by atoms with E-state index in [0.717, 1.165) is 11.1 Å². The van der Waals surface area contributed by atoms with Crippen molar-refractivity contribution in [3.63, 3.8) is 0 Å². The van der Waals surface area contributed by atoms with E-state index >= 15 is 4.39 Å². The maximum absolute atomic E-state index is 15.2. The Hall–Kier alpha value is -3.73. The predicted molar refractivity (Wildman–Crippen MR) is 114 cm³/mol. The maximum atomic E-state index is 15.2. The molecule has 5 rings (SSSR count). The molecule has 0 amide bonds. The number of halogens is 3. The van der Waals surface area contributed by atoms with Gasteiger partial charge in [0.05, 0.1) is 0 Å². The molecule has 0 unspecified atom stereocenters. The van der Waals surface area contributed by atoms with Crippen molar-refractivity contribution in [3.05, 3.63) is 95.3 Å². The third kappa shape index (κ3) is 2.66. The number of hydrogen-bond donors (Lipinski definition) is 2. The summed E-state index contributed by atoms with van der Waals surface area (Å²) in [6.07, 6.45) is 0.310. The van der Waals surface area contributed by atoms with Crippen molar-refractivity contribution in [3.8, 4) is 33.4 Å². The number of rotatable bonds is 2. The molecule has 0 saturated heterocycles. The Morgan fingerprint density at radius 3 is 1.97 bits per heavy atom. The fourth-order valence-electron chi connectivity index (χ4n) is 4.24. The van der Waals surface area contributed by atoms with Gasteiger partial charge < -0.3 is 11.5 Å². The van der Waals surface area contributed by atoms with Gasteiger partial charge in [-0.1, -0.05) is 42.5 Å². The van der Waals surface area contributed by atoms with Crippen molar-refractivity contribution in [2.75, 3.05) is 11.5 Å². The summed E-state index contributed by atoms with van der Waals surface area (Å²) in [6.45, 7) is 0. The molecule has 0 radical (unpaired) electrons. The van der Waals surface area contributed by atoms with Crippen LogP contribution in [0.5, 0.6) is 0 Å². The molecule has 148 valence electrons. The van der Waals surface area contributed by atoms with Crippen molar-refractivity contribution in [2.45, 2.75) is 6.42 Å². The van der Waals surface area contributed by atoms with Crippen molar-refractivity contribution in [1.29, 1.82) is 0 Å². The first kappa shape index (κ1) is 18.3. The minimum atomic E-state index is -1.48. The van der Waals surface area contributed by atoms with Gasteiger partial charge in [0.1, 0.15) is 0 Å². The lowest BCUT2D eigenvalue weighted by Gasteiger charge is -2.17. The topological polar surface area (TPSA) is 52.0 Å². The summed E-state index contributed by atoms with van der Waals surface area (Å²) in [7, 11) is 0. The minimum absolute atomic E-state index is 0.0409. The monoisotopic (exact) mass is 402 g/mol. The molecule has 0 aliphatic heterocycles. The number of nitrogens with two attached hydrogens (primary N) is 2. The van der Waals surface area contributed by atoms with E-state index in [4.69, 9.17) is 11.5 Å². The summed E-state index contributed by atoms with van der Waals surface area (Å²) < 4.78 is 44.8. The van der Waals surface area contributed by atoms with Crippen molar-refractivity contribution < 1.29 is 13.2 Å². The van der Waals surface area contributed by atoms with Gasteiger partial charge in [-0.05, 0) is 64.1 Å². The summed E-state index contributed by atoms with van der Waals surface area (Å²) in [5.41, 5.74) is 16.6. The molecule has 30 heavy (non-hydrogen) atoms. The number of hydrogen-bond acceptors (Lipinski definition) is 2. The molecular weight excluding hydrogens is 385 g/mol. The Balaban J connectivity index is 1.84. The average molecular weight is 402 g/mol. The van der Waals surface area contributed by atoms with Crippen LogP contribution in [0, 0.1) is 17.5 Å². The first-order chi connectivity index (χ1) is 14.5. The van der Waals surface area contributed by atoms with Crippen LogP contribution in [0.15, 0.2) is 66.7 Å². The molecule has 1 aliphatic rings. The molecule has 0 fully saturated rings. The smallest absolute Gasteiger partial charge is 0.195 e. The summed E-state index contributed by atoms with van der Waals surface area (Å²) >= 11 is 0. The van der Waals surface area contributed by atoms with Crippen LogP contribution in [0.4, 0.5) is 24.5 Å². The molecule has 2 nitrogen and oxygen atoms in total. The van der Waals surface area contributed by atoms with E-state index in [1.165, 1.54) is 0 Å². The highest BCUT2D eigenvalue weighted by Gasteiger charge is 2.32. The highest BCUT2D eigenvalue weighted by Crippen LogP contribution is 2.47. The zero-order valence-electron chi connectivity index (χ0n) is 15.8. The molecule has 4 N–H and O–H groups in total. The third-order valence-corrected chi connectivity index (χ3v) is 5.62. The van der Waals surface area contributed by atoms with Crippen molar-refractivity contribution in [1.82, 2.24) is 0 Å². The van der Waals surface area contributed by atoms with Crippen molar-refractivity contribution in [2.24, 2.45) is 0 Å². The number of fused-ring (bicyclic) bond motifs is 3. The summed E-state index contributed by atoms with van der Waals surface area (Å²) in [5, 5.41) is 0. The van der Waals surface area contributed by atoms with Gasteiger partial charge in [-0.2, -0.15) is 0 Å². The van der Waals surface area contributed by atoms with Gasteiger partial charge in [-0.15, -0.1) is 0 Å². The molecule has 0 saturated carbocycles. The molecular formula is C25H17F3N2. The number of anilines is 2. The van der Waals surface area contributed by atoms with Crippen LogP contribution in [0.25, 0.3) is 33.4 Å². The second-order valence-electron chi connectivity index (χ2n) is 7.43. The standard InChI is InChI=1S/C25H17F3N2/c26-23-21-18-4-2-1-3-14(18)11-20(21)22(24(27)25(23)28)19-12-16(30)9-10-17(19)13-5-7-15(29)8-6-13/h1-10,12H,11,29-30H2. The molecule has 0 heterocycles. The van der Waals surface area contributed by atoms with Crippen LogP contribution in [-0.2, 0) is 6.42 Å². The quantitative estimate of drug-likeness (QED) is 0.274. The lowest BCUT2D eigenvalue weighted by Crippen LogP contribution is -2.03. The van der Waals surface area contributed by atoms with Gasteiger partial charge in [-0.25, -0.2) is 13.2 Å². The third-order valence-electron chi connectivity index (χ3n) is 5.62. The van der Waals surface area contributed by atoms with Crippen LogP contribution in [0.3, 0.4) is 0 Å². The summed E-state index contributed by atoms with van der Waals surface area (Å²) in [4.78, 5) is 0. The van der Waals surface area contributed by atoms with Gasteiger partial charge in [-0.3, -0.25) is 0 Å². The molecule has 1 aliphatic carbocycles. The van der Waals surface area contributed by atoms with E-state index in [9.17, 15) is 8.78 Å². The van der Waals surface area contributed by atoms with E-state index < -0.39 is 17.5 Å². The maximum Gasteiger partial charge on any atom is 0.195 e. The lowest BCUT2D eigenvalue weighted by atomic mass is 9.88. The van der Waals surface area contributed by atoms with E-state index in [2.05, 4.69) is 0 Å². The van der Waals surface area contributed by atoms with Crippen molar-refractivity contribution >= 4 is 11.4 Å². The summed E-state index contributed by atoms with van der Waals surface area (Å²) in [5.74, 6) is -3.85. The highest BCUT2D eigenvalue weighted by atomic mass is 19.2. The van der Waals surface area contributed by atoms with Gasteiger partial charge in [0, 0.05) is 22.5 Å². The van der Waals surface area contributed by atoms with E-state index in [1.54, 1.807) is 54.6 Å². The predicted octanol–water partition coefficient (Wildman–Crippen LogP) is 6.17. The SMILES string of the molecule is Nc1ccc(-c2ccc(N)cc2-c2c(F)c(F)c(F)c3c2Cc2ccccc2-3)cc1. The number of nitrogen functional groups attached to an aromatic ring is 2.